The quantitative estimate of drug-likeness (QED) is 0.723. The summed E-state index contributed by atoms with van der Waals surface area (Å²) in [4.78, 5) is 12.4. The van der Waals surface area contributed by atoms with E-state index >= 15 is 0 Å². The zero-order valence-electron chi connectivity index (χ0n) is 14.6. The second kappa shape index (κ2) is 9.24. The van der Waals surface area contributed by atoms with Crippen molar-refractivity contribution in [3.05, 3.63) is 42.0 Å². The maximum atomic E-state index is 13.3. The number of carbonyl (C=O) groups excluding carboxylic acids is 1. The maximum Gasteiger partial charge on any atom is 0.422 e. The number of piperidine rings is 1. The number of anilines is 1. The first kappa shape index (κ1) is 22.0. The standard InChI is InChI=1S/C17H18F4N4O2.ClH/c18-11-3-4-13(15(8-11)27-10-17(19,20)21)23-16(26)14-5-7-25(24-14)12-2-1-6-22-9-12;/h3-5,7-8,12,22H,1-2,6,9-10H2,(H,23,26);1H. The molecule has 0 saturated carbocycles. The molecule has 1 aliphatic rings. The van der Waals surface area contributed by atoms with E-state index in [1.807, 2.05) is 0 Å². The predicted octanol–water partition coefficient (Wildman–Crippen LogP) is 3.56. The number of hydrogen-bond acceptors (Lipinski definition) is 4. The Hall–Kier alpha value is -2.33. The van der Waals surface area contributed by atoms with Crippen LogP contribution in [0.25, 0.3) is 0 Å². The van der Waals surface area contributed by atoms with E-state index in [0.29, 0.717) is 0 Å². The van der Waals surface area contributed by atoms with Crippen molar-refractivity contribution in [3.63, 3.8) is 0 Å². The minimum atomic E-state index is -4.58. The number of benzene rings is 1. The Bertz CT molecular complexity index is 807. The van der Waals surface area contributed by atoms with Gasteiger partial charge < -0.3 is 15.4 Å². The summed E-state index contributed by atoms with van der Waals surface area (Å²) in [5.41, 5.74) is 0.0335. The maximum absolute atomic E-state index is 13.3. The van der Waals surface area contributed by atoms with Gasteiger partial charge in [-0.3, -0.25) is 9.48 Å². The molecular weight excluding hydrogens is 404 g/mol. The van der Waals surface area contributed by atoms with Crippen LogP contribution >= 0.6 is 12.4 Å². The summed E-state index contributed by atoms with van der Waals surface area (Å²) in [6.07, 6.45) is -0.969. The highest BCUT2D eigenvalue weighted by Crippen LogP contribution is 2.28. The predicted molar refractivity (Wildman–Crippen MR) is 96.5 cm³/mol. The van der Waals surface area contributed by atoms with Crippen molar-refractivity contribution in [2.75, 3.05) is 25.0 Å². The zero-order chi connectivity index (χ0) is 19.4. The average Bonchev–Trinajstić information content (AvgIpc) is 3.12. The highest BCUT2D eigenvalue weighted by molar-refractivity contribution is 6.03. The van der Waals surface area contributed by atoms with Gasteiger partial charge in [0.05, 0.1) is 11.7 Å². The zero-order valence-corrected chi connectivity index (χ0v) is 15.4. The number of aromatic nitrogens is 2. The molecule has 11 heteroatoms. The molecular formula is C17H19ClF4N4O2. The number of nitrogens with zero attached hydrogens (tertiary/aromatic N) is 2. The normalized spacial score (nSPS) is 16.9. The van der Waals surface area contributed by atoms with Crippen LogP contribution in [0.3, 0.4) is 0 Å². The number of halogens is 5. The molecule has 1 aromatic carbocycles. The number of hydrogen-bond donors (Lipinski definition) is 2. The van der Waals surface area contributed by atoms with Crippen LogP contribution in [-0.2, 0) is 0 Å². The molecule has 28 heavy (non-hydrogen) atoms. The highest BCUT2D eigenvalue weighted by Gasteiger charge is 2.29. The fourth-order valence-electron chi connectivity index (χ4n) is 2.79. The van der Waals surface area contributed by atoms with E-state index in [2.05, 4.69) is 20.5 Å². The molecule has 0 bridgehead atoms. The first-order valence-electron chi connectivity index (χ1n) is 8.38. The highest BCUT2D eigenvalue weighted by atomic mass is 35.5. The molecule has 3 rings (SSSR count). The molecule has 2 N–H and O–H groups in total. The van der Waals surface area contributed by atoms with Crippen molar-refractivity contribution >= 4 is 24.0 Å². The van der Waals surface area contributed by atoms with Gasteiger partial charge in [0.25, 0.3) is 5.91 Å². The molecule has 1 unspecified atom stereocenters. The van der Waals surface area contributed by atoms with Crippen LogP contribution in [0.1, 0.15) is 29.4 Å². The summed E-state index contributed by atoms with van der Waals surface area (Å²) >= 11 is 0. The van der Waals surface area contributed by atoms with Crippen molar-refractivity contribution in [1.29, 1.82) is 0 Å². The Kier molecular flexibility index (Phi) is 7.25. The van der Waals surface area contributed by atoms with Gasteiger partial charge in [-0.1, -0.05) is 0 Å². The Labute approximate surface area is 164 Å². The summed E-state index contributed by atoms with van der Waals surface area (Å²) < 4.78 is 56.7. The molecule has 1 aliphatic heterocycles. The molecule has 1 fully saturated rings. The molecule has 1 aromatic heterocycles. The van der Waals surface area contributed by atoms with Crippen molar-refractivity contribution in [1.82, 2.24) is 15.1 Å². The average molecular weight is 423 g/mol. The van der Waals surface area contributed by atoms with Crippen LogP contribution in [0.4, 0.5) is 23.2 Å². The molecule has 1 saturated heterocycles. The number of nitrogens with one attached hydrogen (secondary N) is 2. The third-order valence-electron chi connectivity index (χ3n) is 4.07. The van der Waals surface area contributed by atoms with E-state index in [4.69, 9.17) is 0 Å². The van der Waals surface area contributed by atoms with Gasteiger partial charge in [-0.2, -0.15) is 18.3 Å². The van der Waals surface area contributed by atoms with Crippen molar-refractivity contribution in [2.45, 2.75) is 25.1 Å². The molecule has 0 aliphatic carbocycles. The van der Waals surface area contributed by atoms with Crippen LogP contribution in [0.2, 0.25) is 0 Å². The first-order chi connectivity index (χ1) is 12.8. The van der Waals surface area contributed by atoms with Gasteiger partial charge >= 0.3 is 6.18 Å². The van der Waals surface area contributed by atoms with E-state index in [9.17, 15) is 22.4 Å². The van der Waals surface area contributed by atoms with Gasteiger partial charge in [0.1, 0.15) is 11.6 Å². The molecule has 154 valence electrons. The Balaban J connectivity index is 0.00000280. The van der Waals surface area contributed by atoms with Crippen molar-refractivity contribution in [2.24, 2.45) is 0 Å². The summed E-state index contributed by atoms with van der Waals surface area (Å²) in [5, 5.41) is 9.89. The molecule has 2 heterocycles. The fraction of sp³-hybridized carbons (Fsp3) is 0.412. The number of rotatable bonds is 5. The summed E-state index contributed by atoms with van der Waals surface area (Å²) in [7, 11) is 0. The Morgan fingerprint density at radius 1 is 1.36 bits per heavy atom. The molecule has 2 aromatic rings. The fourth-order valence-corrected chi connectivity index (χ4v) is 2.79. The van der Waals surface area contributed by atoms with Crippen LogP contribution in [0.5, 0.6) is 5.75 Å². The molecule has 1 atom stereocenters. The van der Waals surface area contributed by atoms with Gasteiger partial charge in [0.15, 0.2) is 12.3 Å². The van der Waals surface area contributed by atoms with Crippen LogP contribution < -0.4 is 15.4 Å². The van der Waals surface area contributed by atoms with Gasteiger partial charge in [0, 0.05) is 18.8 Å². The van der Waals surface area contributed by atoms with E-state index in [-0.39, 0.29) is 29.8 Å². The molecule has 0 spiro atoms. The van der Waals surface area contributed by atoms with E-state index in [1.165, 1.54) is 6.07 Å². The molecule has 1 amide bonds. The van der Waals surface area contributed by atoms with Gasteiger partial charge in [-0.05, 0) is 37.6 Å². The first-order valence-corrected chi connectivity index (χ1v) is 8.38. The van der Waals surface area contributed by atoms with Crippen LogP contribution in [-0.4, -0.2) is 41.6 Å². The van der Waals surface area contributed by atoms with Crippen molar-refractivity contribution in [3.8, 4) is 5.75 Å². The lowest BCUT2D eigenvalue weighted by atomic mass is 10.1. The second-order valence-electron chi connectivity index (χ2n) is 6.18. The minimum absolute atomic E-state index is 0. The lowest BCUT2D eigenvalue weighted by molar-refractivity contribution is -0.153. The van der Waals surface area contributed by atoms with E-state index in [1.54, 1.807) is 10.9 Å². The number of alkyl halides is 3. The summed E-state index contributed by atoms with van der Waals surface area (Å²) in [5.74, 6) is -1.81. The number of amides is 1. The third kappa shape index (κ3) is 5.83. The SMILES string of the molecule is Cl.O=C(Nc1ccc(F)cc1OCC(F)(F)F)c1ccn(C2CCCNC2)n1. The largest absolute Gasteiger partial charge is 0.482 e. The van der Waals surface area contributed by atoms with E-state index < -0.39 is 30.3 Å². The van der Waals surface area contributed by atoms with Gasteiger partial charge in [-0.25, -0.2) is 4.39 Å². The number of carbonyl (C=O) groups is 1. The van der Waals surface area contributed by atoms with Gasteiger partial charge in [-0.15, -0.1) is 12.4 Å². The Morgan fingerprint density at radius 3 is 2.82 bits per heavy atom. The lowest BCUT2D eigenvalue weighted by Crippen LogP contribution is -2.32. The summed E-state index contributed by atoms with van der Waals surface area (Å²) in [6.45, 7) is 0.0924. The smallest absolute Gasteiger partial charge is 0.422 e. The van der Waals surface area contributed by atoms with Crippen LogP contribution in [0, 0.1) is 5.82 Å². The third-order valence-corrected chi connectivity index (χ3v) is 4.07. The second-order valence-corrected chi connectivity index (χ2v) is 6.18. The van der Waals surface area contributed by atoms with Gasteiger partial charge in [0.2, 0.25) is 0 Å². The van der Waals surface area contributed by atoms with Crippen LogP contribution in [0.15, 0.2) is 30.5 Å². The molecule has 0 radical (unpaired) electrons. The van der Waals surface area contributed by atoms with Crippen molar-refractivity contribution < 1.29 is 27.1 Å². The monoisotopic (exact) mass is 422 g/mol. The number of ether oxygens (including phenoxy) is 1. The molecule has 6 nitrogen and oxygen atoms in total. The lowest BCUT2D eigenvalue weighted by Gasteiger charge is -2.22. The summed E-state index contributed by atoms with van der Waals surface area (Å²) in [6, 6.07) is 4.59. The Morgan fingerprint density at radius 2 is 2.14 bits per heavy atom. The van der Waals surface area contributed by atoms with E-state index in [0.717, 1.165) is 44.1 Å². The topological polar surface area (TPSA) is 68.2 Å². The minimum Gasteiger partial charge on any atom is -0.482 e.